The number of halogens is 1. The highest BCUT2D eigenvalue weighted by Gasteiger charge is 1.97. The molecule has 0 atom stereocenters. The molecule has 0 saturated carbocycles. The first-order valence-electron chi connectivity index (χ1n) is 2.55. The van der Waals surface area contributed by atoms with Gasteiger partial charge in [0.05, 0.1) is 0 Å². The van der Waals surface area contributed by atoms with E-state index in [2.05, 4.69) is 0 Å². The summed E-state index contributed by atoms with van der Waals surface area (Å²) in [5.74, 6) is -0.375. The molecule has 2 nitrogen and oxygen atoms in total. The van der Waals surface area contributed by atoms with Crippen LogP contribution in [0.2, 0.25) is 0 Å². The van der Waals surface area contributed by atoms with Crippen molar-refractivity contribution in [3.63, 3.8) is 0 Å². The summed E-state index contributed by atoms with van der Waals surface area (Å²) in [7, 11) is 0. The normalized spacial score (nSPS) is 9.56. The summed E-state index contributed by atoms with van der Waals surface area (Å²) in [6, 6.07) is 2.31. The molecule has 0 radical (unpaired) electrons. The van der Waals surface area contributed by atoms with Crippen molar-refractivity contribution in [1.29, 1.82) is 0 Å². The number of nitrogens with zero attached hydrogens (tertiary/aromatic N) is 1. The van der Waals surface area contributed by atoms with Gasteiger partial charge in [0, 0.05) is 19.1 Å². The fourth-order valence-corrected chi connectivity index (χ4v) is 0.568. The van der Waals surface area contributed by atoms with Gasteiger partial charge in [-0.15, -0.1) is 0 Å². The van der Waals surface area contributed by atoms with E-state index in [1.165, 1.54) is 6.07 Å². The Morgan fingerprint density at radius 3 is 2.78 bits per heavy atom. The van der Waals surface area contributed by atoms with Gasteiger partial charge in [-0.1, -0.05) is 0 Å². The molecule has 0 aromatic carbocycles. The summed E-state index contributed by atoms with van der Waals surface area (Å²) >= 11 is 0. The van der Waals surface area contributed by atoms with Crippen molar-refractivity contribution in [2.24, 2.45) is 0 Å². The Morgan fingerprint density at radius 2 is 2.33 bits per heavy atom. The third-order valence-corrected chi connectivity index (χ3v) is 1.06. The molecule has 3 heteroatoms. The van der Waals surface area contributed by atoms with E-state index in [9.17, 15) is 9.60 Å². The highest BCUT2D eigenvalue weighted by molar-refractivity contribution is 4.97. The van der Waals surface area contributed by atoms with Crippen molar-refractivity contribution in [3.8, 4) is 0 Å². The van der Waals surface area contributed by atoms with Gasteiger partial charge in [-0.25, -0.2) is 4.39 Å². The minimum Gasteiger partial charge on any atom is -0.619 e. The van der Waals surface area contributed by atoms with Crippen LogP contribution in [0.3, 0.4) is 0 Å². The minimum atomic E-state index is -0.375. The molecule has 0 aliphatic rings. The first kappa shape index (κ1) is 6.01. The molecule has 0 aliphatic heterocycles. The van der Waals surface area contributed by atoms with E-state index in [0.29, 0.717) is 10.4 Å². The lowest BCUT2D eigenvalue weighted by atomic mass is 10.4. The van der Waals surface area contributed by atoms with Crippen LogP contribution in [0.4, 0.5) is 4.39 Å². The lowest BCUT2D eigenvalue weighted by Crippen LogP contribution is -2.28. The van der Waals surface area contributed by atoms with Crippen molar-refractivity contribution < 1.29 is 9.12 Å². The summed E-state index contributed by atoms with van der Waals surface area (Å²) in [6.07, 6.45) is 1.14. The molecule has 9 heavy (non-hydrogen) atoms. The van der Waals surface area contributed by atoms with Crippen molar-refractivity contribution in [2.75, 3.05) is 0 Å². The lowest BCUT2D eigenvalue weighted by Gasteiger charge is -1.96. The van der Waals surface area contributed by atoms with E-state index in [-0.39, 0.29) is 5.82 Å². The molecule has 0 N–H and O–H groups in total. The van der Waals surface area contributed by atoms with E-state index in [0.717, 1.165) is 12.3 Å². The summed E-state index contributed by atoms with van der Waals surface area (Å²) < 4.78 is 12.8. The van der Waals surface area contributed by atoms with Crippen LogP contribution in [-0.2, 0) is 0 Å². The summed E-state index contributed by atoms with van der Waals surface area (Å²) in [5.41, 5.74) is 0.370. The lowest BCUT2D eigenvalue weighted by molar-refractivity contribution is -0.612. The summed E-state index contributed by atoms with van der Waals surface area (Å²) in [6.45, 7) is 1.55. The zero-order valence-corrected chi connectivity index (χ0v) is 4.97. The molecule has 1 rings (SSSR count). The molecule has 0 saturated heterocycles. The van der Waals surface area contributed by atoms with Crippen LogP contribution < -0.4 is 4.73 Å². The fourth-order valence-electron chi connectivity index (χ4n) is 0.568. The number of hydrogen-bond donors (Lipinski definition) is 0. The first-order chi connectivity index (χ1) is 4.20. The Labute approximate surface area is 52.1 Å². The van der Waals surface area contributed by atoms with Crippen LogP contribution in [-0.4, -0.2) is 0 Å². The van der Waals surface area contributed by atoms with Gasteiger partial charge >= 0.3 is 0 Å². The van der Waals surface area contributed by atoms with Crippen molar-refractivity contribution in [2.45, 2.75) is 6.92 Å². The Balaban J connectivity index is 3.17. The van der Waals surface area contributed by atoms with Crippen molar-refractivity contribution in [3.05, 3.63) is 35.0 Å². The summed E-state index contributed by atoms with van der Waals surface area (Å²) in [5, 5.41) is 10.5. The highest BCUT2D eigenvalue weighted by Crippen LogP contribution is 1.94. The number of aromatic nitrogens is 1. The van der Waals surface area contributed by atoms with Crippen LogP contribution in [0.15, 0.2) is 18.3 Å². The molecule has 0 amide bonds. The Morgan fingerprint density at radius 1 is 1.67 bits per heavy atom. The maximum atomic E-state index is 12.2. The molecule has 0 fully saturated rings. The van der Waals surface area contributed by atoms with Gasteiger partial charge in [0.2, 0.25) is 0 Å². The van der Waals surface area contributed by atoms with Crippen molar-refractivity contribution >= 4 is 0 Å². The zero-order chi connectivity index (χ0) is 6.85. The zero-order valence-electron chi connectivity index (χ0n) is 4.97. The predicted octanol–water partition coefficient (Wildman–Crippen LogP) is 0.768. The average molecular weight is 127 g/mol. The molecule has 0 bridgehead atoms. The number of pyridine rings is 1. The van der Waals surface area contributed by atoms with E-state index >= 15 is 0 Å². The number of hydrogen-bond acceptors (Lipinski definition) is 1. The molecular formula is C6H6FNO. The maximum absolute atomic E-state index is 12.2. The predicted molar refractivity (Wildman–Crippen MR) is 30.1 cm³/mol. The van der Waals surface area contributed by atoms with Crippen LogP contribution in [0.5, 0.6) is 0 Å². The van der Waals surface area contributed by atoms with E-state index in [4.69, 9.17) is 0 Å². The minimum absolute atomic E-state index is 0.370. The molecule has 0 spiro atoms. The SMILES string of the molecule is Cc1cc(F)cc[n+]1[O-]. The van der Waals surface area contributed by atoms with Crippen LogP contribution in [0.1, 0.15) is 5.69 Å². The van der Waals surface area contributed by atoms with Crippen LogP contribution >= 0.6 is 0 Å². The van der Waals surface area contributed by atoms with Crippen molar-refractivity contribution in [1.82, 2.24) is 0 Å². The highest BCUT2D eigenvalue weighted by atomic mass is 19.1. The van der Waals surface area contributed by atoms with Gasteiger partial charge < -0.3 is 5.21 Å². The maximum Gasteiger partial charge on any atom is 0.192 e. The van der Waals surface area contributed by atoms with Crippen LogP contribution in [0, 0.1) is 17.9 Å². The standard InChI is InChI=1S/C6H6FNO/c1-5-4-6(7)2-3-8(5)9/h2-4H,1H3. The molecule has 0 aliphatic carbocycles. The Hall–Kier alpha value is -1.12. The molecule has 48 valence electrons. The monoisotopic (exact) mass is 127 g/mol. The molecule has 1 heterocycles. The largest absolute Gasteiger partial charge is 0.619 e. The molecular weight excluding hydrogens is 121 g/mol. The van der Waals surface area contributed by atoms with E-state index in [1.807, 2.05) is 0 Å². The van der Waals surface area contributed by atoms with E-state index < -0.39 is 0 Å². The molecule has 1 aromatic rings. The van der Waals surface area contributed by atoms with Gasteiger partial charge in [-0.2, -0.15) is 4.73 Å². The Bertz CT molecular complexity index is 224. The van der Waals surface area contributed by atoms with E-state index in [1.54, 1.807) is 6.92 Å². The first-order valence-corrected chi connectivity index (χ1v) is 2.55. The topological polar surface area (TPSA) is 26.9 Å². The van der Waals surface area contributed by atoms with Gasteiger partial charge in [-0.05, 0) is 0 Å². The number of aryl methyl sites for hydroxylation is 1. The smallest absolute Gasteiger partial charge is 0.192 e. The van der Waals surface area contributed by atoms with Crippen LogP contribution in [0.25, 0.3) is 0 Å². The van der Waals surface area contributed by atoms with Gasteiger partial charge in [0.1, 0.15) is 5.82 Å². The second kappa shape index (κ2) is 2.01. The fraction of sp³-hybridized carbons (Fsp3) is 0.167. The van der Waals surface area contributed by atoms with Gasteiger partial charge in [0.15, 0.2) is 11.9 Å². The molecule has 1 aromatic heterocycles. The average Bonchev–Trinajstić information content (AvgIpc) is 1.80. The third-order valence-electron chi connectivity index (χ3n) is 1.06. The second-order valence-electron chi connectivity index (χ2n) is 1.81. The third kappa shape index (κ3) is 1.16. The second-order valence-corrected chi connectivity index (χ2v) is 1.81. The van der Waals surface area contributed by atoms with Gasteiger partial charge in [-0.3, -0.25) is 0 Å². The molecule has 0 unspecified atom stereocenters. The quantitative estimate of drug-likeness (QED) is 0.373. The summed E-state index contributed by atoms with van der Waals surface area (Å²) in [4.78, 5) is 0. The number of rotatable bonds is 0. The Kier molecular flexibility index (Phi) is 1.34. The van der Waals surface area contributed by atoms with Gasteiger partial charge in [0.25, 0.3) is 0 Å².